The van der Waals surface area contributed by atoms with E-state index < -0.39 is 15.9 Å². The molecule has 1 saturated heterocycles. The minimum atomic E-state index is -3.51. The van der Waals surface area contributed by atoms with E-state index in [1.54, 1.807) is 12.1 Å². The van der Waals surface area contributed by atoms with Crippen molar-refractivity contribution in [2.24, 2.45) is 5.92 Å². The van der Waals surface area contributed by atoms with Gasteiger partial charge in [-0.15, -0.1) is 0 Å². The van der Waals surface area contributed by atoms with Crippen molar-refractivity contribution in [1.29, 1.82) is 0 Å². The molecular formula is C21H30N2O5S. The highest BCUT2D eigenvalue weighted by Gasteiger charge is 2.25. The zero-order valence-electron chi connectivity index (χ0n) is 16.8. The molecule has 1 aromatic carbocycles. The number of rotatable bonds is 7. The van der Waals surface area contributed by atoms with E-state index in [2.05, 4.69) is 5.32 Å². The minimum absolute atomic E-state index is 0.223. The number of anilines is 1. The van der Waals surface area contributed by atoms with Crippen LogP contribution in [0.2, 0.25) is 0 Å². The first-order valence-electron chi connectivity index (χ1n) is 10.5. The molecule has 0 spiro atoms. The molecule has 3 rings (SSSR count). The van der Waals surface area contributed by atoms with E-state index in [4.69, 9.17) is 4.74 Å². The number of carbonyl (C=O) groups is 2. The van der Waals surface area contributed by atoms with E-state index in [9.17, 15) is 18.0 Å². The number of sulfonamides is 1. The van der Waals surface area contributed by atoms with E-state index in [0.29, 0.717) is 31.1 Å². The van der Waals surface area contributed by atoms with Gasteiger partial charge < -0.3 is 10.1 Å². The van der Waals surface area contributed by atoms with Crippen LogP contribution in [0.5, 0.6) is 0 Å². The second-order valence-corrected chi connectivity index (χ2v) is 9.84. The van der Waals surface area contributed by atoms with Gasteiger partial charge >= 0.3 is 5.97 Å². The number of ether oxygens (including phenoxy) is 1. The monoisotopic (exact) mass is 422 g/mol. The van der Waals surface area contributed by atoms with Crippen molar-refractivity contribution in [3.63, 3.8) is 0 Å². The summed E-state index contributed by atoms with van der Waals surface area (Å²) in [6, 6.07) is 6.12. The lowest BCUT2D eigenvalue weighted by atomic mass is 10.1. The van der Waals surface area contributed by atoms with E-state index in [1.807, 2.05) is 0 Å². The summed E-state index contributed by atoms with van der Waals surface area (Å²) in [6.07, 6.45) is 8.66. The predicted octanol–water partition coefficient (Wildman–Crippen LogP) is 3.31. The van der Waals surface area contributed by atoms with Crippen molar-refractivity contribution >= 4 is 27.6 Å². The fourth-order valence-electron chi connectivity index (χ4n) is 3.99. The molecule has 7 nitrogen and oxygen atoms in total. The molecule has 0 atom stereocenters. The zero-order chi connectivity index (χ0) is 20.7. The van der Waals surface area contributed by atoms with Crippen LogP contribution in [0.15, 0.2) is 29.2 Å². The van der Waals surface area contributed by atoms with Gasteiger partial charge in [0.1, 0.15) is 0 Å². The smallest absolute Gasteiger partial charge is 0.306 e. The lowest BCUT2D eigenvalue weighted by Gasteiger charge is -2.20. The number of nitrogens with one attached hydrogen (secondary N) is 1. The van der Waals surface area contributed by atoms with Gasteiger partial charge in [-0.05, 0) is 55.9 Å². The minimum Gasteiger partial charge on any atom is -0.456 e. The normalized spacial score (nSPS) is 18.9. The second kappa shape index (κ2) is 10.2. The van der Waals surface area contributed by atoms with Gasteiger partial charge in [-0.1, -0.05) is 25.7 Å². The van der Waals surface area contributed by atoms with Crippen LogP contribution in [-0.4, -0.2) is 44.3 Å². The van der Waals surface area contributed by atoms with Crippen molar-refractivity contribution in [3.05, 3.63) is 24.3 Å². The van der Waals surface area contributed by atoms with Crippen LogP contribution in [0.4, 0.5) is 5.69 Å². The highest BCUT2D eigenvalue weighted by Crippen LogP contribution is 2.27. The van der Waals surface area contributed by atoms with E-state index in [-0.39, 0.29) is 17.5 Å². The molecule has 1 N–H and O–H groups in total. The van der Waals surface area contributed by atoms with Crippen molar-refractivity contribution < 1.29 is 22.7 Å². The highest BCUT2D eigenvalue weighted by molar-refractivity contribution is 7.89. The maximum Gasteiger partial charge on any atom is 0.306 e. The number of amides is 1. The SMILES string of the molecule is O=C(COC(=O)CC1CCCC1)Nc1ccc(S(=O)(=O)N2CCCCCC2)cc1. The first kappa shape index (κ1) is 21.8. The van der Waals surface area contributed by atoms with Crippen LogP contribution in [0.3, 0.4) is 0 Å². The molecule has 0 bridgehead atoms. The molecule has 2 fully saturated rings. The van der Waals surface area contributed by atoms with Crippen LogP contribution in [0, 0.1) is 5.92 Å². The van der Waals surface area contributed by atoms with Crippen LogP contribution >= 0.6 is 0 Å². The number of benzene rings is 1. The van der Waals surface area contributed by atoms with Gasteiger partial charge in [0.2, 0.25) is 10.0 Å². The van der Waals surface area contributed by atoms with Crippen LogP contribution in [0.1, 0.15) is 57.8 Å². The Kier molecular flexibility index (Phi) is 7.66. The largest absolute Gasteiger partial charge is 0.456 e. The van der Waals surface area contributed by atoms with Crippen molar-refractivity contribution in [3.8, 4) is 0 Å². The molecule has 0 aromatic heterocycles. The molecule has 1 amide bonds. The van der Waals surface area contributed by atoms with Gasteiger partial charge in [-0.3, -0.25) is 9.59 Å². The molecule has 0 radical (unpaired) electrons. The zero-order valence-corrected chi connectivity index (χ0v) is 17.6. The van der Waals surface area contributed by atoms with Gasteiger partial charge in [0, 0.05) is 25.2 Å². The molecule has 2 aliphatic rings. The summed E-state index contributed by atoms with van der Waals surface area (Å²) in [6.45, 7) is 0.763. The highest BCUT2D eigenvalue weighted by atomic mass is 32.2. The number of carbonyl (C=O) groups excluding carboxylic acids is 2. The summed E-state index contributed by atoms with van der Waals surface area (Å²) in [5.74, 6) is -0.400. The average molecular weight is 423 g/mol. The van der Waals surface area contributed by atoms with Gasteiger partial charge in [0.15, 0.2) is 6.61 Å². The fourth-order valence-corrected chi connectivity index (χ4v) is 5.51. The lowest BCUT2D eigenvalue weighted by Crippen LogP contribution is -2.31. The third-order valence-corrected chi connectivity index (χ3v) is 7.55. The average Bonchev–Trinajstić information content (AvgIpc) is 3.05. The molecule has 1 aliphatic carbocycles. The maximum absolute atomic E-state index is 12.8. The Morgan fingerprint density at radius 1 is 0.966 bits per heavy atom. The predicted molar refractivity (Wildman–Crippen MR) is 110 cm³/mol. The van der Waals surface area contributed by atoms with Crippen LogP contribution in [-0.2, 0) is 24.3 Å². The Morgan fingerprint density at radius 2 is 1.59 bits per heavy atom. The third kappa shape index (κ3) is 6.27. The standard InChI is InChI=1S/C21H30N2O5S/c24-20(16-28-21(25)15-17-7-3-4-8-17)22-18-9-11-19(12-10-18)29(26,27)23-13-5-1-2-6-14-23/h9-12,17H,1-8,13-16H2,(H,22,24). The molecule has 1 aromatic rings. The Hall–Kier alpha value is -1.93. The summed E-state index contributed by atoms with van der Waals surface area (Å²) in [4.78, 5) is 24.0. The van der Waals surface area contributed by atoms with Crippen molar-refractivity contribution in [2.75, 3.05) is 25.0 Å². The Labute approximate surface area is 172 Å². The second-order valence-electron chi connectivity index (χ2n) is 7.91. The summed E-state index contributed by atoms with van der Waals surface area (Å²) in [5.41, 5.74) is 0.469. The molecule has 160 valence electrons. The molecule has 1 aliphatic heterocycles. The lowest BCUT2D eigenvalue weighted by molar-refractivity contribution is -0.148. The van der Waals surface area contributed by atoms with Crippen LogP contribution < -0.4 is 5.32 Å². The third-order valence-electron chi connectivity index (χ3n) is 5.64. The molecule has 29 heavy (non-hydrogen) atoms. The number of nitrogens with zero attached hydrogens (tertiary/aromatic N) is 1. The summed E-state index contributed by atoms with van der Waals surface area (Å²) in [5, 5.41) is 2.63. The number of hydrogen-bond donors (Lipinski definition) is 1. The quantitative estimate of drug-likeness (QED) is 0.681. The Morgan fingerprint density at radius 3 is 2.21 bits per heavy atom. The Balaban J connectivity index is 1.49. The summed E-state index contributed by atoms with van der Waals surface area (Å²) >= 11 is 0. The molecule has 0 unspecified atom stereocenters. The van der Waals surface area contributed by atoms with Crippen LogP contribution in [0.25, 0.3) is 0 Å². The molecule has 8 heteroatoms. The number of esters is 1. The first-order chi connectivity index (χ1) is 13.9. The topological polar surface area (TPSA) is 92.8 Å². The van der Waals surface area contributed by atoms with Crippen molar-refractivity contribution in [1.82, 2.24) is 4.31 Å². The van der Waals surface area contributed by atoms with Gasteiger partial charge in [-0.2, -0.15) is 4.31 Å². The molecule has 1 saturated carbocycles. The van der Waals surface area contributed by atoms with E-state index in [0.717, 1.165) is 51.4 Å². The number of hydrogen-bond acceptors (Lipinski definition) is 5. The van der Waals surface area contributed by atoms with Gasteiger partial charge in [-0.25, -0.2) is 8.42 Å². The maximum atomic E-state index is 12.8. The van der Waals surface area contributed by atoms with E-state index in [1.165, 1.54) is 16.4 Å². The van der Waals surface area contributed by atoms with Gasteiger partial charge in [0.05, 0.1) is 4.90 Å². The first-order valence-corrected chi connectivity index (χ1v) is 11.9. The van der Waals surface area contributed by atoms with Crippen molar-refractivity contribution in [2.45, 2.75) is 62.7 Å². The van der Waals surface area contributed by atoms with E-state index >= 15 is 0 Å². The molecular weight excluding hydrogens is 392 g/mol. The summed E-state index contributed by atoms with van der Waals surface area (Å²) in [7, 11) is -3.51. The fraction of sp³-hybridized carbons (Fsp3) is 0.619. The summed E-state index contributed by atoms with van der Waals surface area (Å²) < 4.78 is 32.1. The van der Waals surface area contributed by atoms with Gasteiger partial charge in [0.25, 0.3) is 5.91 Å². The molecule has 1 heterocycles. The Bertz CT molecular complexity index is 793.